The molecule has 0 spiro atoms. The van der Waals surface area contributed by atoms with Crippen molar-refractivity contribution in [1.82, 2.24) is 25.7 Å². The molecular formula is C22H23ClFN5O2. The minimum absolute atomic E-state index is 0. The number of imide groups is 1. The molecule has 1 unspecified atom stereocenters. The first-order valence-electron chi connectivity index (χ1n) is 10.1. The van der Waals surface area contributed by atoms with Crippen LogP contribution in [-0.4, -0.2) is 53.1 Å². The van der Waals surface area contributed by atoms with Gasteiger partial charge in [0.25, 0.3) is 11.8 Å². The summed E-state index contributed by atoms with van der Waals surface area (Å²) in [4.78, 5) is 27.2. The molecule has 162 valence electrons. The first-order chi connectivity index (χ1) is 14.5. The van der Waals surface area contributed by atoms with Crippen LogP contribution >= 0.6 is 12.4 Å². The number of hydrogen-bond donors (Lipinski definition) is 3. The average molecular weight is 444 g/mol. The third kappa shape index (κ3) is 3.40. The fourth-order valence-electron chi connectivity index (χ4n) is 4.64. The zero-order valence-corrected chi connectivity index (χ0v) is 18.0. The van der Waals surface area contributed by atoms with Crippen LogP contribution in [0.2, 0.25) is 0 Å². The Kier molecular flexibility index (Phi) is 5.55. The van der Waals surface area contributed by atoms with Crippen LogP contribution in [0.15, 0.2) is 24.3 Å². The quantitative estimate of drug-likeness (QED) is 0.541. The van der Waals surface area contributed by atoms with Crippen LogP contribution in [0.3, 0.4) is 0 Å². The van der Waals surface area contributed by atoms with Crippen molar-refractivity contribution in [3.05, 3.63) is 52.3 Å². The number of halogens is 2. The number of carbonyl (C=O) groups is 2. The van der Waals surface area contributed by atoms with Gasteiger partial charge in [0.2, 0.25) is 0 Å². The monoisotopic (exact) mass is 443 g/mol. The van der Waals surface area contributed by atoms with Gasteiger partial charge in [-0.25, -0.2) is 4.39 Å². The summed E-state index contributed by atoms with van der Waals surface area (Å²) < 4.78 is 13.7. The zero-order chi connectivity index (χ0) is 21.0. The van der Waals surface area contributed by atoms with Gasteiger partial charge in [-0.05, 0) is 49.2 Å². The molecule has 3 heterocycles. The van der Waals surface area contributed by atoms with Crippen molar-refractivity contribution in [1.29, 1.82) is 0 Å². The van der Waals surface area contributed by atoms with Crippen LogP contribution in [0.1, 0.15) is 44.8 Å². The minimum Gasteiger partial charge on any atom is -0.314 e. The van der Waals surface area contributed by atoms with Crippen LogP contribution in [0.4, 0.5) is 4.39 Å². The lowest BCUT2D eigenvalue weighted by atomic mass is 9.87. The highest BCUT2D eigenvalue weighted by Crippen LogP contribution is 2.40. The van der Waals surface area contributed by atoms with E-state index in [4.69, 9.17) is 0 Å². The van der Waals surface area contributed by atoms with E-state index in [1.165, 1.54) is 12.1 Å². The molecule has 0 aliphatic carbocycles. The molecule has 2 aliphatic heterocycles. The Labute approximate surface area is 184 Å². The number of rotatable bonds is 3. The third-order valence-corrected chi connectivity index (χ3v) is 6.22. The molecule has 0 saturated carbocycles. The molecular weight excluding hydrogens is 421 g/mol. The largest absolute Gasteiger partial charge is 0.314 e. The molecule has 9 heteroatoms. The number of nitrogens with zero attached hydrogens (tertiary/aromatic N) is 2. The van der Waals surface area contributed by atoms with Crippen LogP contribution in [0.25, 0.3) is 22.2 Å². The minimum atomic E-state index is -0.388. The van der Waals surface area contributed by atoms with Gasteiger partial charge in [-0.15, -0.1) is 12.4 Å². The summed E-state index contributed by atoms with van der Waals surface area (Å²) in [7, 11) is 0. The predicted molar refractivity (Wildman–Crippen MR) is 118 cm³/mol. The standard InChI is InChI=1S/C22H22FN5O2.ClH/c1-11-18(20-14-4-3-13(23)9-17(14)26-27-20)15(12(2)28-7-5-24-6-8-28)10-16-19(11)22(30)25-21(16)29;/h3-4,9-10,12,24H,5-8H2,1-2H3,(H,26,27)(H,25,29,30);1H. The number of carbonyl (C=O) groups excluding carboxylic acids is 2. The van der Waals surface area contributed by atoms with E-state index in [1.54, 1.807) is 6.07 Å². The van der Waals surface area contributed by atoms with Crippen molar-refractivity contribution in [3.8, 4) is 11.3 Å². The van der Waals surface area contributed by atoms with Crippen LogP contribution in [0, 0.1) is 12.7 Å². The molecule has 1 aromatic heterocycles. The van der Waals surface area contributed by atoms with Crippen molar-refractivity contribution < 1.29 is 14.0 Å². The van der Waals surface area contributed by atoms with E-state index in [1.807, 2.05) is 13.0 Å². The molecule has 5 rings (SSSR count). The summed E-state index contributed by atoms with van der Waals surface area (Å²) in [6, 6.07) is 6.35. The van der Waals surface area contributed by atoms with Gasteiger partial charge in [-0.3, -0.25) is 24.9 Å². The maximum absolute atomic E-state index is 13.7. The van der Waals surface area contributed by atoms with Gasteiger partial charge in [-0.1, -0.05) is 0 Å². The van der Waals surface area contributed by atoms with Crippen LogP contribution in [-0.2, 0) is 0 Å². The molecule has 3 N–H and O–H groups in total. The van der Waals surface area contributed by atoms with E-state index in [0.29, 0.717) is 27.9 Å². The number of aromatic amines is 1. The molecule has 1 fully saturated rings. The number of hydrogen-bond acceptors (Lipinski definition) is 5. The highest BCUT2D eigenvalue weighted by molar-refractivity contribution is 6.23. The van der Waals surface area contributed by atoms with Gasteiger partial charge in [0.05, 0.1) is 16.6 Å². The van der Waals surface area contributed by atoms with E-state index in [9.17, 15) is 14.0 Å². The second-order valence-corrected chi connectivity index (χ2v) is 7.90. The molecule has 1 saturated heterocycles. The highest BCUT2D eigenvalue weighted by atomic mass is 35.5. The Morgan fingerprint density at radius 2 is 1.84 bits per heavy atom. The second-order valence-electron chi connectivity index (χ2n) is 7.90. The topological polar surface area (TPSA) is 90.1 Å². The Morgan fingerprint density at radius 1 is 1.10 bits per heavy atom. The molecule has 2 amide bonds. The number of nitrogens with one attached hydrogen (secondary N) is 3. The highest BCUT2D eigenvalue weighted by Gasteiger charge is 2.34. The maximum Gasteiger partial charge on any atom is 0.259 e. The van der Waals surface area contributed by atoms with E-state index >= 15 is 0 Å². The summed E-state index contributed by atoms with van der Waals surface area (Å²) in [5.41, 5.74) is 4.53. The predicted octanol–water partition coefficient (Wildman–Crippen LogP) is 2.95. The van der Waals surface area contributed by atoms with E-state index in [0.717, 1.165) is 42.7 Å². The lowest BCUT2D eigenvalue weighted by molar-refractivity contribution is 0.0879. The van der Waals surface area contributed by atoms with Crippen LogP contribution < -0.4 is 10.6 Å². The first-order valence-corrected chi connectivity index (χ1v) is 10.1. The summed E-state index contributed by atoms with van der Waals surface area (Å²) >= 11 is 0. The average Bonchev–Trinajstić information content (AvgIpc) is 3.27. The molecule has 3 aromatic rings. The lowest BCUT2D eigenvalue weighted by Crippen LogP contribution is -2.44. The lowest BCUT2D eigenvalue weighted by Gasteiger charge is -2.34. The smallest absolute Gasteiger partial charge is 0.259 e. The summed E-state index contributed by atoms with van der Waals surface area (Å²) in [6.45, 7) is 7.52. The second kappa shape index (κ2) is 8.03. The third-order valence-electron chi connectivity index (χ3n) is 6.22. The maximum atomic E-state index is 13.7. The Bertz CT molecular complexity index is 1200. The van der Waals surface area contributed by atoms with E-state index in [-0.39, 0.29) is 36.1 Å². The van der Waals surface area contributed by atoms with Crippen molar-refractivity contribution in [2.45, 2.75) is 19.9 Å². The number of piperazine rings is 1. The van der Waals surface area contributed by atoms with Gasteiger partial charge in [0.1, 0.15) is 11.5 Å². The summed E-state index contributed by atoms with van der Waals surface area (Å²) in [5, 5.41) is 13.9. The fraction of sp³-hybridized carbons (Fsp3) is 0.318. The van der Waals surface area contributed by atoms with Crippen molar-refractivity contribution in [2.75, 3.05) is 26.2 Å². The molecule has 0 radical (unpaired) electrons. The first kappa shape index (κ1) is 21.4. The molecule has 31 heavy (non-hydrogen) atoms. The van der Waals surface area contributed by atoms with Gasteiger partial charge in [0, 0.05) is 43.2 Å². The summed E-state index contributed by atoms with van der Waals surface area (Å²) in [6.07, 6.45) is 0. The van der Waals surface area contributed by atoms with E-state index in [2.05, 4.69) is 32.7 Å². The number of fused-ring (bicyclic) bond motifs is 2. The van der Waals surface area contributed by atoms with Gasteiger partial charge < -0.3 is 5.32 Å². The number of amides is 2. The van der Waals surface area contributed by atoms with Crippen molar-refractivity contribution in [3.63, 3.8) is 0 Å². The van der Waals surface area contributed by atoms with Crippen molar-refractivity contribution >= 4 is 35.1 Å². The van der Waals surface area contributed by atoms with Gasteiger partial charge >= 0.3 is 0 Å². The van der Waals surface area contributed by atoms with Crippen LogP contribution in [0.5, 0.6) is 0 Å². The summed E-state index contributed by atoms with van der Waals surface area (Å²) in [5.74, 6) is -1.10. The van der Waals surface area contributed by atoms with Gasteiger partial charge in [0.15, 0.2) is 0 Å². The normalized spacial score (nSPS) is 17.4. The fourth-order valence-corrected chi connectivity index (χ4v) is 4.64. The molecule has 7 nitrogen and oxygen atoms in total. The van der Waals surface area contributed by atoms with Crippen molar-refractivity contribution in [2.24, 2.45) is 0 Å². The number of benzene rings is 2. The van der Waals surface area contributed by atoms with Gasteiger partial charge in [-0.2, -0.15) is 5.10 Å². The SMILES string of the molecule is Cc1c2c(cc(C(C)N3CCNCC3)c1-c1n[nH]c3cc(F)ccc13)C(=O)NC2=O.Cl. The molecule has 1 atom stereocenters. The Morgan fingerprint density at radius 3 is 2.58 bits per heavy atom. The molecule has 2 aliphatic rings. The number of aromatic nitrogens is 2. The number of H-pyrrole nitrogens is 1. The Hall–Kier alpha value is -2.81. The van der Waals surface area contributed by atoms with E-state index < -0.39 is 0 Å². The Balaban J connectivity index is 0.00000231. The molecule has 2 aromatic carbocycles. The molecule has 0 bridgehead atoms. The zero-order valence-electron chi connectivity index (χ0n) is 17.2.